The molecule has 1 fully saturated rings. The molecule has 5 nitrogen and oxygen atoms in total. The predicted octanol–water partition coefficient (Wildman–Crippen LogP) is 1.97. The maximum Gasteiger partial charge on any atom is 0.186 e. The van der Waals surface area contributed by atoms with Crippen molar-refractivity contribution < 1.29 is 24.8 Å². The van der Waals surface area contributed by atoms with Crippen LogP contribution >= 0.6 is 0 Å². The highest BCUT2D eigenvalue weighted by atomic mass is 16.7. The second-order valence-corrected chi connectivity index (χ2v) is 6.03. The summed E-state index contributed by atoms with van der Waals surface area (Å²) in [6, 6.07) is 0. The van der Waals surface area contributed by atoms with E-state index < -0.39 is 30.7 Å². The van der Waals surface area contributed by atoms with Crippen LogP contribution in [0.25, 0.3) is 0 Å². The van der Waals surface area contributed by atoms with Crippen LogP contribution in [0.4, 0.5) is 0 Å². The van der Waals surface area contributed by atoms with Gasteiger partial charge in [0.25, 0.3) is 0 Å². The van der Waals surface area contributed by atoms with Gasteiger partial charge in [0.1, 0.15) is 18.3 Å². The van der Waals surface area contributed by atoms with E-state index in [4.69, 9.17) is 9.47 Å². The molecule has 5 atom stereocenters. The zero-order valence-corrected chi connectivity index (χ0v) is 13.4. The Bertz CT molecular complexity index is 261. The minimum absolute atomic E-state index is 0.506. The first-order valence-electron chi connectivity index (χ1n) is 8.39. The molecule has 1 rings (SSSR count). The molecule has 0 aliphatic carbocycles. The van der Waals surface area contributed by atoms with Crippen LogP contribution in [-0.4, -0.2) is 52.6 Å². The number of ether oxygens (including phenoxy) is 2. The van der Waals surface area contributed by atoms with Crippen LogP contribution in [0.3, 0.4) is 0 Å². The number of rotatable bonds is 10. The predicted molar refractivity (Wildman–Crippen MR) is 80.9 cm³/mol. The smallest absolute Gasteiger partial charge is 0.186 e. The molecule has 0 radical (unpaired) electrons. The first-order valence-corrected chi connectivity index (χ1v) is 8.39. The van der Waals surface area contributed by atoms with Crippen molar-refractivity contribution in [2.75, 3.05) is 6.61 Å². The summed E-state index contributed by atoms with van der Waals surface area (Å²) in [5.74, 6) is 0. The van der Waals surface area contributed by atoms with Crippen LogP contribution in [-0.2, 0) is 9.47 Å². The van der Waals surface area contributed by atoms with E-state index >= 15 is 0 Å². The Kier molecular flexibility index (Phi) is 9.44. The highest BCUT2D eigenvalue weighted by molar-refractivity contribution is 4.87. The molecule has 0 unspecified atom stereocenters. The van der Waals surface area contributed by atoms with Crippen molar-refractivity contribution in [3.05, 3.63) is 0 Å². The van der Waals surface area contributed by atoms with Crippen molar-refractivity contribution in [2.24, 2.45) is 0 Å². The van der Waals surface area contributed by atoms with E-state index in [1.165, 1.54) is 38.5 Å². The van der Waals surface area contributed by atoms with Gasteiger partial charge in [-0.15, -0.1) is 0 Å². The fourth-order valence-corrected chi connectivity index (χ4v) is 2.59. The molecule has 5 heteroatoms. The molecule has 0 amide bonds. The normalized spacial score (nSPS) is 33.3. The van der Waals surface area contributed by atoms with Crippen molar-refractivity contribution in [1.82, 2.24) is 0 Å². The Morgan fingerprint density at radius 2 is 1.38 bits per heavy atom. The zero-order chi connectivity index (χ0) is 15.7. The molecule has 1 heterocycles. The van der Waals surface area contributed by atoms with Gasteiger partial charge in [0.05, 0.1) is 6.10 Å². The Morgan fingerprint density at radius 1 is 0.810 bits per heavy atom. The van der Waals surface area contributed by atoms with Gasteiger partial charge in [-0.25, -0.2) is 0 Å². The molecule has 0 aromatic rings. The number of aliphatic hydroxyl groups is 3. The Balaban J connectivity index is 2.04. The van der Waals surface area contributed by atoms with Gasteiger partial charge in [-0.2, -0.15) is 0 Å². The minimum Gasteiger partial charge on any atom is -0.388 e. The lowest BCUT2D eigenvalue weighted by atomic mass is 10.00. The Morgan fingerprint density at radius 3 is 2.00 bits per heavy atom. The average Bonchev–Trinajstić information content (AvgIpc) is 2.48. The molecule has 126 valence electrons. The van der Waals surface area contributed by atoms with Gasteiger partial charge in [0, 0.05) is 6.61 Å². The second kappa shape index (κ2) is 10.5. The molecule has 0 spiro atoms. The lowest BCUT2D eigenvalue weighted by Gasteiger charge is -2.38. The molecule has 0 bridgehead atoms. The summed E-state index contributed by atoms with van der Waals surface area (Å²) < 4.78 is 10.9. The molecule has 21 heavy (non-hydrogen) atoms. The van der Waals surface area contributed by atoms with Gasteiger partial charge < -0.3 is 24.8 Å². The minimum atomic E-state index is -1.21. The molecular weight excluding hydrogens is 272 g/mol. The average molecular weight is 304 g/mol. The lowest BCUT2D eigenvalue weighted by Crippen LogP contribution is -2.57. The van der Waals surface area contributed by atoms with E-state index in [0.717, 1.165) is 12.8 Å². The van der Waals surface area contributed by atoms with Crippen LogP contribution in [0.15, 0.2) is 0 Å². The summed E-state index contributed by atoms with van der Waals surface area (Å²) in [5.41, 5.74) is 0. The van der Waals surface area contributed by atoms with Crippen molar-refractivity contribution in [1.29, 1.82) is 0 Å². The number of hydrogen-bond donors (Lipinski definition) is 3. The quantitative estimate of drug-likeness (QED) is 0.538. The summed E-state index contributed by atoms with van der Waals surface area (Å²) in [5, 5.41) is 29.0. The van der Waals surface area contributed by atoms with Crippen LogP contribution < -0.4 is 0 Å². The highest BCUT2D eigenvalue weighted by Gasteiger charge is 2.42. The van der Waals surface area contributed by atoms with E-state index in [1.54, 1.807) is 6.92 Å². The molecule has 3 N–H and O–H groups in total. The van der Waals surface area contributed by atoms with E-state index in [1.807, 2.05) is 0 Å². The third kappa shape index (κ3) is 6.61. The van der Waals surface area contributed by atoms with Crippen molar-refractivity contribution in [3.63, 3.8) is 0 Å². The molecule has 1 aliphatic rings. The van der Waals surface area contributed by atoms with E-state index in [2.05, 4.69) is 6.92 Å². The van der Waals surface area contributed by atoms with Crippen LogP contribution in [0.2, 0.25) is 0 Å². The van der Waals surface area contributed by atoms with Gasteiger partial charge in [0.15, 0.2) is 6.29 Å². The fraction of sp³-hybridized carbons (Fsp3) is 1.00. The van der Waals surface area contributed by atoms with E-state index in [-0.39, 0.29) is 0 Å². The molecule has 0 aromatic carbocycles. The van der Waals surface area contributed by atoms with E-state index in [0.29, 0.717) is 6.61 Å². The Hall–Kier alpha value is -0.200. The molecule has 0 saturated carbocycles. The molecule has 1 aliphatic heterocycles. The largest absolute Gasteiger partial charge is 0.388 e. The first kappa shape index (κ1) is 18.8. The number of unbranched alkanes of at least 4 members (excludes halogenated alkanes) is 7. The highest BCUT2D eigenvalue weighted by Crippen LogP contribution is 2.22. The molecule has 0 aromatic heterocycles. The maximum absolute atomic E-state index is 9.79. The number of hydrogen-bond acceptors (Lipinski definition) is 5. The van der Waals surface area contributed by atoms with Crippen LogP contribution in [0, 0.1) is 0 Å². The Labute approximate surface area is 128 Å². The third-order valence-electron chi connectivity index (χ3n) is 4.09. The topological polar surface area (TPSA) is 79.2 Å². The molecule has 1 saturated heterocycles. The summed E-state index contributed by atoms with van der Waals surface area (Å²) in [4.78, 5) is 0. The van der Waals surface area contributed by atoms with Gasteiger partial charge in [-0.1, -0.05) is 51.9 Å². The number of aliphatic hydroxyl groups excluding tert-OH is 3. The third-order valence-corrected chi connectivity index (χ3v) is 4.09. The summed E-state index contributed by atoms with van der Waals surface area (Å²) >= 11 is 0. The van der Waals surface area contributed by atoms with Crippen LogP contribution in [0.5, 0.6) is 0 Å². The van der Waals surface area contributed by atoms with Gasteiger partial charge in [-0.3, -0.25) is 0 Å². The molecular formula is C16H32O5. The van der Waals surface area contributed by atoms with Gasteiger partial charge in [-0.05, 0) is 13.3 Å². The van der Waals surface area contributed by atoms with Gasteiger partial charge >= 0.3 is 0 Å². The van der Waals surface area contributed by atoms with Crippen molar-refractivity contribution in [3.8, 4) is 0 Å². The first-order chi connectivity index (χ1) is 10.1. The lowest BCUT2D eigenvalue weighted by molar-refractivity contribution is -0.293. The van der Waals surface area contributed by atoms with E-state index in [9.17, 15) is 15.3 Å². The SMILES string of the molecule is CCCCCCCCCCO[C@@H]1O[C@H](C)[C@H](O)[C@@H](O)[C@@H]1O. The summed E-state index contributed by atoms with van der Waals surface area (Å²) in [7, 11) is 0. The maximum atomic E-state index is 9.79. The second-order valence-electron chi connectivity index (χ2n) is 6.03. The van der Waals surface area contributed by atoms with Crippen molar-refractivity contribution in [2.45, 2.75) is 95.9 Å². The van der Waals surface area contributed by atoms with Gasteiger partial charge in [0.2, 0.25) is 0 Å². The summed E-state index contributed by atoms with van der Waals surface area (Å²) in [6.07, 6.45) is 4.89. The van der Waals surface area contributed by atoms with Crippen LogP contribution in [0.1, 0.15) is 65.2 Å². The summed E-state index contributed by atoms with van der Waals surface area (Å²) in [6.45, 7) is 4.38. The fourth-order valence-electron chi connectivity index (χ4n) is 2.59. The standard InChI is InChI=1S/C16H32O5/c1-3-4-5-6-7-8-9-10-11-20-16-15(19)14(18)13(17)12(2)21-16/h12-19H,3-11H2,1-2H3/t12-,13+,14-,15+,16-/m1/s1. The van der Waals surface area contributed by atoms with Crippen molar-refractivity contribution >= 4 is 0 Å². The zero-order valence-electron chi connectivity index (χ0n) is 13.4. The monoisotopic (exact) mass is 304 g/mol.